The van der Waals surface area contributed by atoms with Crippen molar-refractivity contribution in [3.8, 4) is 11.8 Å². The van der Waals surface area contributed by atoms with Crippen LogP contribution in [0.4, 0.5) is 11.4 Å². The van der Waals surface area contributed by atoms with Crippen LogP contribution < -0.4 is 20.3 Å². The third kappa shape index (κ3) is 6.36. The van der Waals surface area contributed by atoms with Crippen LogP contribution in [0.15, 0.2) is 42.5 Å². The number of hydrogen-bond acceptors (Lipinski definition) is 6. The molecular formula is C23H26ClN5O3. The van der Waals surface area contributed by atoms with E-state index in [9.17, 15) is 9.59 Å². The van der Waals surface area contributed by atoms with Crippen molar-refractivity contribution in [1.29, 1.82) is 5.26 Å². The maximum absolute atomic E-state index is 12.1. The lowest BCUT2D eigenvalue weighted by molar-refractivity contribution is -0.136. The lowest BCUT2D eigenvalue weighted by Crippen LogP contribution is -2.47. The summed E-state index contributed by atoms with van der Waals surface area (Å²) >= 11 is 5.90. The standard InChI is InChI=1S/C23H26ClN5O3/c1-32-20-7-5-19(6-8-20)29-13-11-28(12-14-29)10-2-9-26-22(30)23(31)27-21-15-18(24)4-3-17(21)16-25/h3-8,15H,2,9-14H2,1H3,(H,26,30)(H,27,31). The first-order valence-corrected chi connectivity index (χ1v) is 10.8. The van der Waals surface area contributed by atoms with Crippen LogP contribution in [0.1, 0.15) is 12.0 Å². The van der Waals surface area contributed by atoms with E-state index >= 15 is 0 Å². The zero-order chi connectivity index (χ0) is 22.9. The Morgan fingerprint density at radius 1 is 1.09 bits per heavy atom. The molecule has 2 amide bonds. The molecule has 0 atom stereocenters. The van der Waals surface area contributed by atoms with Crippen molar-refractivity contribution in [1.82, 2.24) is 10.2 Å². The number of amides is 2. The van der Waals surface area contributed by atoms with E-state index < -0.39 is 11.8 Å². The van der Waals surface area contributed by atoms with Gasteiger partial charge in [-0.1, -0.05) is 11.6 Å². The third-order valence-electron chi connectivity index (χ3n) is 5.30. The second-order valence-electron chi connectivity index (χ2n) is 7.39. The molecule has 0 aliphatic carbocycles. The van der Waals surface area contributed by atoms with Crippen LogP contribution in [0, 0.1) is 11.3 Å². The topological polar surface area (TPSA) is 97.7 Å². The highest BCUT2D eigenvalue weighted by Crippen LogP contribution is 2.21. The van der Waals surface area contributed by atoms with Crippen molar-refractivity contribution in [3.05, 3.63) is 53.1 Å². The fourth-order valence-electron chi connectivity index (χ4n) is 3.50. The summed E-state index contributed by atoms with van der Waals surface area (Å²) < 4.78 is 5.20. The first-order valence-electron chi connectivity index (χ1n) is 10.4. The molecule has 2 aromatic rings. The van der Waals surface area contributed by atoms with E-state index in [-0.39, 0.29) is 11.3 Å². The quantitative estimate of drug-likeness (QED) is 0.491. The number of halogens is 1. The van der Waals surface area contributed by atoms with Crippen molar-refractivity contribution in [2.45, 2.75) is 6.42 Å². The number of carbonyl (C=O) groups is 2. The van der Waals surface area contributed by atoms with E-state index in [0.29, 0.717) is 11.6 Å². The molecule has 1 heterocycles. The molecule has 32 heavy (non-hydrogen) atoms. The van der Waals surface area contributed by atoms with Crippen molar-refractivity contribution in [2.75, 3.05) is 56.6 Å². The summed E-state index contributed by atoms with van der Waals surface area (Å²) in [6.45, 7) is 4.97. The van der Waals surface area contributed by atoms with Gasteiger partial charge in [-0.25, -0.2) is 0 Å². The van der Waals surface area contributed by atoms with Crippen LogP contribution >= 0.6 is 11.6 Å². The SMILES string of the molecule is COc1ccc(N2CCN(CCCNC(=O)C(=O)Nc3cc(Cl)ccc3C#N)CC2)cc1. The van der Waals surface area contributed by atoms with Crippen LogP contribution in [0.3, 0.4) is 0 Å². The van der Waals surface area contributed by atoms with Crippen LogP contribution in [0.5, 0.6) is 5.75 Å². The average molecular weight is 456 g/mol. The molecule has 2 N–H and O–H groups in total. The molecule has 1 saturated heterocycles. The fraction of sp³-hybridized carbons (Fsp3) is 0.348. The highest BCUT2D eigenvalue weighted by Gasteiger charge is 2.18. The highest BCUT2D eigenvalue weighted by molar-refractivity contribution is 6.40. The molecule has 3 rings (SSSR count). The van der Waals surface area contributed by atoms with Crippen LogP contribution in [0.25, 0.3) is 0 Å². The minimum Gasteiger partial charge on any atom is -0.497 e. The summed E-state index contributed by atoms with van der Waals surface area (Å²) in [6.07, 6.45) is 0.738. The average Bonchev–Trinajstić information content (AvgIpc) is 2.82. The smallest absolute Gasteiger partial charge is 0.313 e. The van der Waals surface area contributed by atoms with Gasteiger partial charge in [0.15, 0.2) is 0 Å². The summed E-state index contributed by atoms with van der Waals surface area (Å²) in [5, 5.41) is 14.5. The summed E-state index contributed by atoms with van der Waals surface area (Å²) in [4.78, 5) is 28.8. The summed E-state index contributed by atoms with van der Waals surface area (Å²) in [5.41, 5.74) is 1.64. The van der Waals surface area contributed by atoms with Crippen LogP contribution in [0.2, 0.25) is 5.02 Å². The number of benzene rings is 2. The van der Waals surface area contributed by atoms with Gasteiger partial charge in [0.25, 0.3) is 0 Å². The Labute approximate surface area is 192 Å². The molecule has 9 heteroatoms. The number of nitrogens with zero attached hydrogens (tertiary/aromatic N) is 3. The van der Waals surface area contributed by atoms with E-state index in [1.165, 1.54) is 17.8 Å². The van der Waals surface area contributed by atoms with E-state index in [0.717, 1.165) is 44.9 Å². The lowest BCUT2D eigenvalue weighted by Gasteiger charge is -2.36. The molecule has 1 aliphatic heterocycles. The Morgan fingerprint density at radius 2 is 1.81 bits per heavy atom. The van der Waals surface area contributed by atoms with Crippen molar-refractivity contribution < 1.29 is 14.3 Å². The fourth-order valence-corrected chi connectivity index (χ4v) is 3.68. The van der Waals surface area contributed by atoms with Gasteiger partial charge in [-0.2, -0.15) is 5.26 Å². The second kappa shape index (κ2) is 11.4. The molecule has 0 bridgehead atoms. The number of hydrogen-bond donors (Lipinski definition) is 2. The normalized spacial score (nSPS) is 13.8. The zero-order valence-corrected chi connectivity index (χ0v) is 18.7. The molecule has 0 aromatic heterocycles. The number of ether oxygens (including phenoxy) is 1. The lowest BCUT2D eigenvalue weighted by atomic mass is 10.2. The van der Waals surface area contributed by atoms with Crippen molar-refractivity contribution >= 4 is 34.8 Å². The number of nitriles is 1. The van der Waals surface area contributed by atoms with E-state index in [1.807, 2.05) is 18.2 Å². The van der Waals surface area contributed by atoms with Gasteiger partial charge < -0.3 is 20.3 Å². The van der Waals surface area contributed by atoms with Gasteiger partial charge in [0.1, 0.15) is 11.8 Å². The molecule has 0 spiro atoms. The summed E-state index contributed by atoms with van der Waals surface area (Å²) in [7, 11) is 1.66. The number of methoxy groups -OCH3 is 1. The number of anilines is 2. The largest absolute Gasteiger partial charge is 0.497 e. The molecule has 2 aromatic carbocycles. The molecule has 0 unspecified atom stereocenters. The molecular weight excluding hydrogens is 430 g/mol. The number of carbonyl (C=O) groups excluding carboxylic acids is 2. The maximum atomic E-state index is 12.1. The Balaban J connectivity index is 1.35. The van der Waals surface area contributed by atoms with Crippen molar-refractivity contribution in [2.24, 2.45) is 0 Å². The number of piperazine rings is 1. The highest BCUT2D eigenvalue weighted by atomic mass is 35.5. The van der Waals surface area contributed by atoms with Gasteiger partial charge in [-0.05, 0) is 55.4 Å². The van der Waals surface area contributed by atoms with Gasteiger partial charge >= 0.3 is 11.8 Å². The first-order chi connectivity index (χ1) is 15.5. The number of nitrogens with one attached hydrogen (secondary N) is 2. The van der Waals surface area contributed by atoms with Gasteiger partial charge in [-0.3, -0.25) is 14.5 Å². The summed E-state index contributed by atoms with van der Waals surface area (Å²) in [5.74, 6) is -0.712. The molecule has 1 aliphatic rings. The minimum absolute atomic E-state index is 0.217. The van der Waals surface area contributed by atoms with Gasteiger partial charge in [0.2, 0.25) is 0 Å². The van der Waals surface area contributed by atoms with E-state index in [1.54, 1.807) is 13.2 Å². The Bertz CT molecular complexity index is 982. The molecule has 1 fully saturated rings. The second-order valence-corrected chi connectivity index (χ2v) is 7.83. The Hall–Kier alpha value is -3.28. The Morgan fingerprint density at radius 3 is 2.47 bits per heavy atom. The van der Waals surface area contributed by atoms with Gasteiger partial charge in [0, 0.05) is 43.4 Å². The van der Waals surface area contributed by atoms with Gasteiger partial charge in [-0.15, -0.1) is 0 Å². The van der Waals surface area contributed by atoms with E-state index in [4.69, 9.17) is 21.6 Å². The van der Waals surface area contributed by atoms with Crippen molar-refractivity contribution in [3.63, 3.8) is 0 Å². The molecule has 8 nitrogen and oxygen atoms in total. The Kier molecular flexibility index (Phi) is 8.31. The van der Waals surface area contributed by atoms with Gasteiger partial charge in [0.05, 0.1) is 18.4 Å². The van der Waals surface area contributed by atoms with E-state index in [2.05, 4.69) is 32.6 Å². The molecule has 168 valence electrons. The maximum Gasteiger partial charge on any atom is 0.313 e. The van der Waals surface area contributed by atoms with Crippen LogP contribution in [-0.4, -0.2) is 63.1 Å². The molecule has 0 radical (unpaired) electrons. The predicted molar refractivity (Wildman–Crippen MR) is 124 cm³/mol. The number of rotatable bonds is 7. The minimum atomic E-state index is -0.822. The monoisotopic (exact) mass is 455 g/mol. The molecule has 0 saturated carbocycles. The predicted octanol–water partition coefficient (Wildman–Crippen LogP) is 2.49. The van der Waals surface area contributed by atoms with Crippen LogP contribution in [-0.2, 0) is 9.59 Å². The first kappa shape index (κ1) is 23.4. The third-order valence-corrected chi connectivity index (χ3v) is 5.54. The zero-order valence-electron chi connectivity index (χ0n) is 17.9. The summed E-state index contributed by atoms with van der Waals surface area (Å²) in [6, 6.07) is 14.5.